The summed E-state index contributed by atoms with van der Waals surface area (Å²) in [6, 6.07) is 10.5. The number of rotatable bonds is 4. The van der Waals surface area contributed by atoms with Gasteiger partial charge in [-0.3, -0.25) is 5.43 Å². The van der Waals surface area contributed by atoms with Gasteiger partial charge in [-0.15, -0.1) is 0 Å². The van der Waals surface area contributed by atoms with Crippen molar-refractivity contribution in [3.8, 4) is 11.4 Å². The van der Waals surface area contributed by atoms with E-state index in [0.717, 1.165) is 5.56 Å². The van der Waals surface area contributed by atoms with Crippen molar-refractivity contribution in [3.63, 3.8) is 0 Å². The van der Waals surface area contributed by atoms with Crippen LogP contribution in [0.4, 0.5) is 27.8 Å². The fourth-order valence-electron chi connectivity index (χ4n) is 2.24. The molecule has 0 saturated carbocycles. The van der Waals surface area contributed by atoms with Crippen LogP contribution >= 0.6 is 0 Å². The molecule has 0 radical (unpaired) electrons. The number of benzene rings is 2. The van der Waals surface area contributed by atoms with Crippen LogP contribution in [-0.4, -0.2) is 16.2 Å². The minimum absolute atomic E-state index is 0.182. The second kappa shape index (κ2) is 7.48. The Balaban J connectivity index is 1.89. The van der Waals surface area contributed by atoms with Crippen LogP contribution < -0.4 is 5.43 Å². The number of nitrogens with one attached hydrogen (secondary N) is 1. The maximum absolute atomic E-state index is 13.6. The van der Waals surface area contributed by atoms with Gasteiger partial charge in [0.2, 0.25) is 5.82 Å². The molecule has 0 unspecified atom stereocenters. The maximum atomic E-state index is 13.6. The van der Waals surface area contributed by atoms with E-state index < -0.39 is 34.6 Å². The predicted octanol–water partition coefficient (Wildman–Crippen LogP) is 4.59. The smallest absolute Gasteiger partial charge is 0.200 e. The summed E-state index contributed by atoms with van der Waals surface area (Å²) in [5.74, 6) is -9.69. The molecular weight excluding hydrogens is 367 g/mol. The first kappa shape index (κ1) is 18.4. The summed E-state index contributed by atoms with van der Waals surface area (Å²) in [4.78, 5) is 8.47. The second-order valence-electron chi connectivity index (χ2n) is 5.44. The fraction of sp³-hybridized carbons (Fsp3) is 0.0556. The molecule has 0 aliphatic heterocycles. The highest BCUT2D eigenvalue weighted by Crippen LogP contribution is 2.22. The van der Waals surface area contributed by atoms with Crippen molar-refractivity contribution < 1.29 is 22.0 Å². The minimum Gasteiger partial charge on any atom is -0.261 e. The molecule has 0 atom stereocenters. The molecule has 0 aliphatic carbocycles. The summed E-state index contributed by atoms with van der Waals surface area (Å²) in [5, 5.41) is 3.52. The Kier molecular flexibility index (Phi) is 5.11. The second-order valence-corrected chi connectivity index (χ2v) is 5.44. The van der Waals surface area contributed by atoms with Crippen LogP contribution in [0, 0.1) is 36.0 Å². The molecule has 0 saturated heterocycles. The number of hydrazone groups is 1. The summed E-state index contributed by atoms with van der Waals surface area (Å²) in [7, 11) is 0. The van der Waals surface area contributed by atoms with E-state index in [1.165, 1.54) is 6.07 Å². The van der Waals surface area contributed by atoms with Crippen molar-refractivity contribution in [3.05, 3.63) is 76.7 Å². The monoisotopic (exact) mass is 378 g/mol. The fourth-order valence-corrected chi connectivity index (χ4v) is 2.24. The molecule has 0 amide bonds. The molecule has 1 N–H and O–H groups in total. The SMILES string of the molecule is Cc1cc(N/N=C\c2c(F)c(F)c(F)c(F)c2F)nc(-c2ccccc2)n1. The summed E-state index contributed by atoms with van der Waals surface area (Å²) in [5.41, 5.74) is 2.55. The molecule has 1 aromatic heterocycles. The molecule has 0 spiro atoms. The first-order chi connectivity index (χ1) is 12.9. The topological polar surface area (TPSA) is 50.2 Å². The Morgan fingerprint density at radius 3 is 2.07 bits per heavy atom. The highest BCUT2D eigenvalue weighted by atomic mass is 19.2. The molecule has 1 heterocycles. The van der Waals surface area contributed by atoms with Crippen LogP contribution in [0.1, 0.15) is 11.3 Å². The van der Waals surface area contributed by atoms with Gasteiger partial charge >= 0.3 is 0 Å². The van der Waals surface area contributed by atoms with E-state index in [9.17, 15) is 22.0 Å². The Morgan fingerprint density at radius 1 is 0.852 bits per heavy atom. The van der Waals surface area contributed by atoms with E-state index in [4.69, 9.17) is 0 Å². The van der Waals surface area contributed by atoms with Gasteiger partial charge < -0.3 is 0 Å². The zero-order chi connectivity index (χ0) is 19.6. The number of nitrogens with zero attached hydrogens (tertiary/aromatic N) is 3. The maximum Gasteiger partial charge on any atom is 0.200 e. The van der Waals surface area contributed by atoms with E-state index in [1.807, 2.05) is 6.07 Å². The van der Waals surface area contributed by atoms with Gasteiger partial charge in [-0.25, -0.2) is 31.9 Å². The molecule has 2 aromatic carbocycles. The number of aromatic nitrogens is 2. The van der Waals surface area contributed by atoms with Crippen molar-refractivity contribution in [1.82, 2.24) is 9.97 Å². The average molecular weight is 378 g/mol. The van der Waals surface area contributed by atoms with E-state index in [0.29, 0.717) is 17.7 Å². The Labute approximate surface area is 150 Å². The summed E-state index contributed by atoms with van der Waals surface area (Å²) >= 11 is 0. The molecule has 4 nitrogen and oxygen atoms in total. The lowest BCUT2D eigenvalue weighted by atomic mass is 10.2. The van der Waals surface area contributed by atoms with Crippen molar-refractivity contribution in [2.24, 2.45) is 5.10 Å². The molecule has 138 valence electrons. The average Bonchev–Trinajstić information content (AvgIpc) is 2.68. The van der Waals surface area contributed by atoms with Gasteiger partial charge in [-0.05, 0) is 6.92 Å². The number of hydrogen-bond acceptors (Lipinski definition) is 4. The standard InChI is InChI=1S/C18H11F5N4/c1-9-7-12(26-18(25-9)10-5-3-2-4-6-10)27-24-8-11-13(19)15(21)17(23)16(22)14(11)20/h2-8H,1H3,(H,25,26,27)/b24-8-. The molecule has 0 aliphatic rings. The van der Waals surface area contributed by atoms with Crippen LogP contribution in [0.15, 0.2) is 41.5 Å². The van der Waals surface area contributed by atoms with Crippen LogP contribution in [-0.2, 0) is 0 Å². The number of anilines is 1. The first-order valence-corrected chi connectivity index (χ1v) is 7.60. The molecule has 3 rings (SSSR count). The Bertz CT molecular complexity index is 993. The number of aryl methyl sites for hydroxylation is 1. The summed E-state index contributed by atoms with van der Waals surface area (Å²) in [6.07, 6.45) is 0.496. The lowest BCUT2D eigenvalue weighted by Crippen LogP contribution is -2.07. The van der Waals surface area contributed by atoms with Crippen LogP contribution in [0.3, 0.4) is 0 Å². The number of halogens is 5. The van der Waals surface area contributed by atoms with Gasteiger partial charge in [0.15, 0.2) is 34.9 Å². The van der Waals surface area contributed by atoms with Crippen LogP contribution in [0.25, 0.3) is 11.4 Å². The molecule has 0 bridgehead atoms. The van der Waals surface area contributed by atoms with E-state index in [-0.39, 0.29) is 5.82 Å². The third kappa shape index (κ3) is 3.76. The molecule has 0 fully saturated rings. The van der Waals surface area contributed by atoms with E-state index in [1.54, 1.807) is 31.2 Å². The van der Waals surface area contributed by atoms with Gasteiger partial charge in [0, 0.05) is 17.3 Å². The van der Waals surface area contributed by atoms with Crippen molar-refractivity contribution in [2.45, 2.75) is 6.92 Å². The Hall–Kier alpha value is -3.36. The number of hydrogen-bond donors (Lipinski definition) is 1. The molecule has 27 heavy (non-hydrogen) atoms. The lowest BCUT2D eigenvalue weighted by molar-refractivity contribution is 0.377. The zero-order valence-corrected chi connectivity index (χ0v) is 13.8. The van der Waals surface area contributed by atoms with Gasteiger partial charge in [0.1, 0.15) is 0 Å². The normalized spacial score (nSPS) is 11.2. The highest BCUT2D eigenvalue weighted by Gasteiger charge is 2.24. The zero-order valence-electron chi connectivity index (χ0n) is 13.8. The lowest BCUT2D eigenvalue weighted by Gasteiger charge is -2.06. The predicted molar refractivity (Wildman–Crippen MR) is 89.7 cm³/mol. The van der Waals surface area contributed by atoms with Crippen LogP contribution in [0.2, 0.25) is 0 Å². The quantitative estimate of drug-likeness (QED) is 0.237. The van der Waals surface area contributed by atoms with Crippen molar-refractivity contribution in [2.75, 3.05) is 5.43 Å². The van der Waals surface area contributed by atoms with Gasteiger partial charge in [-0.2, -0.15) is 5.10 Å². The Morgan fingerprint density at radius 2 is 1.44 bits per heavy atom. The summed E-state index contributed by atoms with van der Waals surface area (Å²) < 4.78 is 66.6. The minimum atomic E-state index is -2.23. The highest BCUT2D eigenvalue weighted by molar-refractivity contribution is 5.81. The third-order valence-electron chi connectivity index (χ3n) is 3.50. The van der Waals surface area contributed by atoms with Gasteiger partial charge in [-0.1, -0.05) is 30.3 Å². The van der Waals surface area contributed by atoms with E-state index in [2.05, 4.69) is 20.5 Å². The summed E-state index contributed by atoms with van der Waals surface area (Å²) in [6.45, 7) is 1.70. The van der Waals surface area contributed by atoms with Crippen molar-refractivity contribution >= 4 is 12.0 Å². The molecule has 9 heteroatoms. The largest absolute Gasteiger partial charge is 0.261 e. The first-order valence-electron chi connectivity index (χ1n) is 7.60. The van der Waals surface area contributed by atoms with Gasteiger partial charge in [0.25, 0.3) is 0 Å². The van der Waals surface area contributed by atoms with Crippen LogP contribution in [0.5, 0.6) is 0 Å². The molecular formula is C18H11F5N4. The van der Waals surface area contributed by atoms with E-state index >= 15 is 0 Å². The van der Waals surface area contributed by atoms with Gasteiger partial charge in [0.05, 0.1) is 11.8 Å². The third-order valence-corrected chi connectivity index (χ3v) is 3.50. The van der Waals surface area contributed by atoms with Crippen molar-refractivity contribution in [1.29, 1.82) is 0 Å². The molecule has 3 aromatic rings.